The SMILES string of the molecule is CNC(=O)Nc1ccccc1-c1ccc(C[C@]2(NC(=O)CC(C)(C)N)Nc3ccccc3CCC2=O)cc1. The molecule has 1 heterocycles. The van der Waals surface area contributed by atoms with E-state index in [9.17, 15) is 14.4 Å². The number of Topliss-reactive ketones (excluding diaryl/α,β-unsaturated/α-hetero) is 1. The average Bonchev–Trinajstić information content (AvgIpc) is 3.00. The molecule has 3 amide bonds. The van der Waals surface area contributed by atoms with E-state index in [1.165, 1.54) is 0 Å². The van der Waals surface area contributed by atoms with E-state index < -0.39 is 11.2 Å². The number of urea groups is 1. The number of aryl methyl sites for hydroxylation is 1. The zero-order valence-corrected chi connectivity index (χ0v) is 22.1. The van der Waals surface area contributed by atoms with E-state index >= 15 is 0 Å². The summed E-state index contributed by atoms with van der Waals surface area (Å²) in [5, 5.41) is 11.8. The Morgan fingerprint density at radius 2 is 1.66 bits per heavy atom. The lowest BCUT2D eigenvalue weighted by atomic mass is 9.91. The van der Waals surface area contributed by atoms with Crippen molar-refractivity contribution < 1.29 is 14.4 Å². The minimum atomic E-state index is -1.31. The molecule has 0 aliphatic carbocycles. The number of anilines is 2. The quantitative estimate of drug-likeness (QED) is 0.324. The molecule has 8 nitrogen and oxygen atoms in total. The minimum Gasteiger partial charge on any atom is -0.356 e. The molecular formula is C30H35N5O3. The maximum absolute atomic E-state index is 13.6. The normalized spacial score (nSPS) is 17.0. The first-order chi connectivity index (χ1) is 18.1. The molecule has 8 heteroatoms. The van der Waals surface area contributed by atoms with E-state index in [0.29, 0.717) is 18.5 Å². The molecule has 0 radical (unpaired) electrons. The lowest BCUT2D eigenvalue weighted by molar-refractivity contribution is -0.131. The molecule has 0 saturated carbocycles. The molecule has 0 fully saturated rings. The van der Waals surface area contributed by atoms with E-state index in [2.05, 4.69) is 21.3 Å². The molecule has 38 heavy (non-hydrogen) atoms. The number of rotatable bonds is 7. The number of para-hydroxylation sites is 2. The van der Waals surface area contributed by atoms with Crippen LogP contribution < -0.4 is 27.0 Å². The number of nitrogens with one attached hydrogen (secondary N) is 4. The molecule has 0 unspecified atom stereocenters. The minimum absolute atomic E-state index is 0.0823. The van der Waals surface area contributed by atoms with Gasteiger partial charge in [-0.25, -0.2) is 4.79 Å². The highest BCUT2D eigenvalue weighted by atomic mass is 16.2. The van der Waals surface area contributed by atoms with Gasteiger partial charge in [-0.05, 0) is 49.1 Å². The van der Waals surface area contributed by atoms with Gasteiger partial charge in [0.1, 0.15) is 0 Å². The van der Waals surface area contributed by atoms with Gasteiger partial charge in [-0.15, -0.1) is 0 Å². The van der Waals surface area contributed by atoms with Gasteiger partial charge in [0.25, 0.3) is 0 Å². The van der Waals surface area contributed by atoms with Crippen LogP contribution in [0.4, 0.5) is 16.2 Å². The van der Waals surface area contributed by atoms with Crippen LogP contribution >= 0.6 is 0 Å². The summed E-state index contributed by atoms with van der Waals surface area (Å²) in [7, 11) is 1.57. The van der Waals surface area contributed by atoms with Crippen molar-refractivity contribution in [2.75, 3.05) is 17.7 Å². The third-order valence-corrected chi connectivity index (χ3v) is 6.57. The van der Waals surface area contributed by atoms with Crippen molar-refractivity contribution in [2.24, 2.45) is 5.73 Å². The highest BCUT2D eigenvalue weighted by Crippen LogP contribution is 2.31. The van der Waals surface area contributed by atoms with Crippen molar-refractivity contribution in [2.45, 2.75) is 50.7 Å². The second-order valence-electron chi connectivity index (χ2n) is 10.4. The summed E-state index contributed by atoms with van der Waals surface area (Å²) in [5.41, 5.74) is 9.28. The number of fused-ring (bicyclic) bond motifs is 1. The molecule has 1 aliphatic heterocycles. The van der Waals surface area contributed by atoms with Crippen LogP contribution in [0.3, 0.4) is 0 Å². The summed E-state index contributed by atoms with van der Waals surface area (Å²) < 4.78 is 0. The number of hydrogen-bond acceptors (Lipinski definition) is 5. The van der Waals surface area contributed by atoms with Crippen LogP contribution in [0.5, 0.6) is 0 Å². The van der Waals surface area contributed by atoms with Gasteiger partial charge in [-0.1, -0.05) is 60.7 Å². The fraction of sp³-hybridized carbons (Fsp3) is 0.300. The summed E-state index contributed by atoms with van der Waals surface area (Å²) >= 11 is 0. The number of ketones is 1. The molecule has 198 valence electrons. The summed E-state index contributed by atoms with van der Waals surface area (Å²) in [6, 6.07) is 22.8. The molecule has 4 rings (SSSR count). The van der Waals surface area contributed by atoms with Crippen LogP contribution in [-0.2, 0) is 22.4 Å². The Morgan fingerprint density at radius 1 is 0.974 bits per heavy atom. The Morgan fingerprint density at radius 3 is 2.37 bits per heavy atom. The lowest BCUT2D eigenvalue weighted by Crippen LogP contribution is -2.62. The average molecular weight is 514 g/mol. The Labute approximate surface area is 223 Å². The highest BCUT2D eigenvalue weighted by molar-refractivity contribution is 5.97. The van der Waals surface area contributed by atoms with E-state index in [-0.39, 0.29) is 30.6 Å². The predicted molar refractivity (Wildman–Crippen MR) is 151 cm³/mol. The van der Waals surface area contributed by atoms with Crippen LogP contribution in [-0.4, -0.2) is 36.0 Å². The summed E-state index contributed by atoms with van der Waals surface area (Å²) in [6.07, 6.45) is 1.23. The maximum atomic E-state index is 13.6. The van der Waals surface area contributed by atoms with Crippen LogP contribution in [0, 0.1) is 0 Å². The van der Waals surface area contributed by atoms with Gasteiger partial charge in [-0.2, -0.15) is 0 Å². The van der Waals surface area contributed by atoms with Gasteiger partial charge >= 0.3 is 6.03 Å². The third kappa shape index (κ3) is 6.39. The molecule has 0 saturated heterocycles. The van der Waals surface area contributed by atoms with Crippen molar-refractivity contribution in [1.82, 2.24) is 10.6 Å². The van der Waals surface area contributed by atoms with Crippen molar-refractivity contribution in [3.05, 3.63) is 83.9 Å². The fourth-order valence-electron chi connectivity index (χ4n) is 4.74. The number of benzene rings is 3. The molecule has 1 atom stereocenters. The van der Waals surface area contributed by atoms with Crippen molar-refractivity contribution in [3.8, 4) is 11.1 Å². The standard InChI is InChI=1S/C30H35N5O3/c1-29(2,31)19-27(37)35-30(26(36)17-16-22-8-4-6-10-24(22)34-30)18-20-12-14-21(15-13-20)23-9-5-7-11-25(23)33-28(38)32-3/h4-15,34H,16-19,31H2,1-3H3,(H,35,37)(H2,32,33,38)/t30-/m1/s1. The number of amides is 3. The molecular weight excluding hydrogens is 478 g/mol. The largest absolute Gasteiger partial charge is 0.356 e. The first-order valence-corrected chi connectivity index (χ1v) is 12.7. The Bertz CT molecular complexity index is 1330. The van der Waals surface area contributed by atoms with Gasteiger partial charge in [0, 0.05) is 43.1 Å². The molecule has 6 N–H and O–H groups in total. The molecule has 0 spiro atoms. The monoisotopic (exact) mass is 513 g/mol. The lowest BCUT2D eigenvalue weighted by Gasteiger charge is -2.35. The number of carbonyl (C=O) groups excluding carboxylic acids is 3. The number of carbonyl (C=O) groups is 3. The zero-order valence-electron chi connectivity index (χ0n) is 22.1. The fourth-order valence-corrected chi connectivity index (χ4v) is 4.74. The van der Waals surface area contributed by atoms with Gasteiger partial charge in [0.05, 0.1) is 5.69 Å². The molecule has 1 aliphatic rings. The second-order valence-corrected chi connectivity index (χ2v) is 10.4. The number of hydrogen-bond donors (Lipinski definition) is 5. The van der Waals surface area contributed by atoms with E-state index in [1.54, 1.807) is 20.9 Å². The van der Waals surface area contributed by atoms with E-state index in [1.807, 2.05) is 72.8 Å². The third-order valence-electron chi connectivity index (χ3n) is 6.57. The smallest absolute Gasteiger partial charge is 0.318 e. The van der Waals surface area contributed by atoms with Gasteiger partial charge in [0.2, 0.25) is 5.91 Å². The van der Waals surface area contributed by atoms with Crippen LogP contribution in [0.15, 0.2) is 72.8 Å². The van der Waals surface area contributed by atoms with Crippen molar-refractivity contribution in [3.63, 3.8) is 0 Å². The molecule has 0 aromatic heterocycles. The first kappa shape index (κ1) is 26.9. The maximum Gasteiger partial charge on any atom is 0.318 e. The number of nitrogens with two attached hydrogens (primary N) is 1. The topological polar surface area (TPSA) is 125 Å². The van der Waals surface area contributed by atoms with Gasteiger partial charge < -0.3 is 27.0 Å². The predicted octanol–water partition coefficient (Wildman–Crippen LogP) is 4.21. The molecule has 3 aromatic rings. The van der Waals surface area contributed by atoms with Crippen LogP contribution in [0.1, 0.15) is 37.8 Å². The zero-order chi connectivity index (χ0) is 27.3. The molecule has 0 bridgehead atoms. The summed E-state index contributed by atoms with van der Waals surface area (Å²) in [6.45, 7) is 3.57. The second kappa shape index (κ2) is 11.1. The Hall–Kier alpha value is -4.17. The highest BCUT2D eigenvalue weighted by Gasteiger charge is 2.42. The van der Waals surface area contributed by atoms with E-state index in [0.717, 1.165) is 27.9 Å². The van der Waals surface area contributed by atoms with Gasteiger partial charge in [-0.3, -0.25) is 9.59 Å². The van der Waals surface area contributed by atoms with Crippen LogP contribution in [0.2, 0.25) is 0 Å². The Kier molecular flexibility index (Phi) is 7.83. The van der Waals surface area contributed by atoms with Crippen LogP contribution in [0.25, 0.3) is 11.1 Å². The first-order valence-electron chi connectivity index (χ1n) is 12.7. The Balaban J connectivity index is 1.66. The van der Waals surface area contributed by atoms with Crippen molar-refractivity contribution in [1.29, 1.82) is 0 Å². The summed E-state index contributed by atoms with van der Waals surface area (Å²) in [5.74, 6) is -0.371. The van der Waals surface area contributed by atoms with E-state index in [4.69, 9.17) is 5.73 Å². The van der Waals surface area contributed by atoms with Crippen molar-refractivity contribution >= 4 is 29.1 Å². The summed E-state index contributed by atoms with van der Waals surface area (Å²) in [4.78, 5) is 38.6. The molecule has 3 aromatic carbocycles. The van der Waals surface area contributed by atoms with Gasteiger partial charge in [0.15, 0.2) is 11.4 Å².